The molecule has 6 nitrogen and oxygen atoms in total. The molecule has 0 aromatic heterocycles. The molecule has 2 atom stereocenters. The zero-order valence-corrected chi connectivity index (χ0v) is 12.0. The van der Waals surface area contributed by atoms with Gasteiger partial charge in [0.15, 0.2) is 0 Å². The Morgan fingerprint density at radius 2 is 2.19 bits per heavy atom. The van der Waals surface area contributed by atoms with Gasteiger partial charge in [0.05, 0.1) is 11.0 Å². The van der Waals surface area contributed by atoms with Gasteiger partial charge in [-0.2, -0.15) is 0 Å². The van der Waals surface area contributed by atoms with E-state index >= 15 is 0 Å². The molecule has 1 aromatic carbocycles. The maximum absolute atomic E-state index is 12.1. The van der Waals surface area contributed by atoms with Crippen molar-refractivity contribution in [1.29, 1.82) is 0 Å². The maximum atomic E-state index is 12.1. The van der Waals surface area contributed by atoms with E-state index in [9.17, 15) is 20.0 Å². The lowest BCUT2D eigenvalue weighted by Gasteiger charge is -2.25. The molecule has 2 rings (SSSR count). The highest BCUT2D eigenvalue weighted by Crippen LogP contribution is 2.23. The number of nitrogens with zero attached hydrogens (tertiary/aromatic N) is 1. The molecule has 1 aromatic rings. The van der Waals surface area contributed by atoms with Crippen LogP contribution in [-0.2, 0) is 0 Å². The summed E-state index contributed by atoms with van der Waals surface area (Å²) in [5, 5.41) is 23.2. The first kappa shape index (κ1) is 15.4. The number of rotatable bonds is 4. The third-order valence-corrected chi connectivity index (χ3v) is 3.84. The summed E-state index contributed by atoms with van der Waals surface area (Å²) in [6.45, 7) is 2.22. The lowest BCUT2D eigenvalue weighted by Crippen LogP contribution is -2.33. The minimum Gasteiger partial charge on any atom is -0.393 e. The van der Waals surface area contributed by atoms with Gasteiger partial charge in [0, 0.05) is 24.2 Å². The minimum absolute atomic E-state index is 0.0757. The largest absolute Gasteiger partial charge is 0.393 e. The predicted molar refractivity (Wildman–Crippen MR) is 78.1 cm³/mol. The topological polar surface area (TPSA) is 92.5 Å². The summed E-state index contributed by atoms with van der Waals surface area (Å²) in [4.78, 5) is 22.4. The molecule has 2 unspecified atom stereocenters. The third kappa shape index (κ3) is 4.26. The first-order valence-corrected chi connectivity index (χ1v) is 7.18. The minimum atomic E-state index is -0.499. The van der Waals surface area contributed by atoms with Crippen molar-refractivity contribution in [1.82, 2.24) is 5.32 Å². The highest BCUT2D eigenvalue weighted by molar-refractivity contribution is 5.95. The summed E-state index contributed by atoms with van der Waals surface area (Å²) in [5.41, 5.74) is 0.911. The number of aliphatic hydroxyl groups excluding tert-OH is 1. The summed E-state index contributed by atoms with van der Waals surface area (Å²) in [6, 6.07) is 4.37. The van der Waals surface area contributed by atoms with Crippen LogP contribution in [-0.4, -0.2) is 28.6 Å². The third-order valence-electron chi connectivity index (χ3n) is 3.84. The second-order valence-electron chi connectivity index (χ2n) is 5.71. The molecule has 0 heterocycles. The second kappa shape index (κ2) is 6.67. The number of carbonyl (C=O) groups excluding carboxylic acids is 1. The highest BCUT2D eigenvalue weighted by atomic mass is 16.6. The van der Waals surface area contributed by atoms with E-state index in [1.54, 1.807) is 13.0 Å². The van der Waals surface area contributed by atoms with Crippen molar-refractivity contribution in [3.8, 4) is 0 Å². The number of nitrogens with one attached hydrogen (secondary N) is 1. The summed E-state index contributed by atoms with van der Waals surface area (Å²) >= 11 is 0. The number of hydrogen-bond donors (Lipinski definition) is 2. The van der Waals surface area contributed by atoms with Gasteiger partial charge in [-0.3, -0.25) is 14.9 Å². The van der Waals surface area contributed by atoms with Crippen molar-refractivity contribution in [3.05, 3.63) is 39.4 Å². The first-order valence-electron chi connectivity index (χ1n) is 7.18. The Hall–Kier alpha value is -1.95. The zero-order chi connectivity index (χ0) is 15.4. The maximum Gasteiger partial charge on any atom is 0.270 e. The number of aryl methyl sites for hydroxylation is 1. The number of non-ortho nitro benzene ring substituents is 1. The summed E-state index contributed by atoms with van der Waals surface area (Å²) in [5.74, 6) is -0.0284. The number of nitro groups is 1. The molecule has 2 N–H and O–H groups in total. The molecule has 0 spiro atoms. The van der Waals surface area contributed by atoms with Gasteiger partial charge in [0.1, 0.15) is 0 Å². The smallest absolute Gasteiger partial charge is 0.270 e. The molecular weight excluding hydrogens is 272 g/mol. The lowest BCUT2D eigenvalue weighted by atomic mass is 9.87. The molecule has 0 bridgehead atoms. The van der Waals surface area contributed by atoms with Gasteiger partial charge in [-0.05, 0) is 43.7 Å². The van der Waals surface area contributed by atoms with E-state index < -0.39 is 4.92 Å². The molecule has 0 aliphatic heterocycles. The molecule has 1 saturated carbocycles. The number of benzene rings is 1. The van der Waals surface area contributed by atoms with Crippen molar-refractivity contribution in [3.63, 3.8) is 0 Å². The van der Waals surface area contributed by atoms with Crippen LogP contribution in [0.3, 0.4) is 0 Å². The standard InChI is InChI=1S/C15H20N2O4/c1-10-5-12(8-13(6-10)17(20)21)15(19)16-9-11-3-2-4-14(18)7-11/h5-6,8,11,14,18H,2-4,7,9H2,1H3,(H,16,19). The van der Waals surface area contributed by atoms with Gasteiger partial charge >= 0.3 is 0 Å². The molecule has 114 valence electrons. The molecule has 1 aliphatic rings. The SMILES string of the molecule is Cc1cc(C(=O)NCC2CCCC(O)C2)cc([N+](=O)[O-])c1. The van der Waals surface area contributed by atoms with E-state index in [-0.39, 0.29) is 23.6 Å². The van der Waals surface area contributed by atoms with Crippen molar-refractivity contribution in [2.45, 2.75) is 38.7 Å². The lowest BCUT2D eigenvalue weighted by molar-refractivity contribution is -0.384. The fourth-order valence-electron chi connectivity index (χ4n) is 2.79. The van der Waals surface area contributed by atoms with Crippen LogP contribution >= 0.6 is 0 Å². The Bertz CT molecular complexity index is 544. The summed E-state index contributed by atoms with van der Waals surface area (Å²) < 4.78 is 0. The Morgan fingerprint density at radius 3 is 2.86 bits per heavy atom. The average Bonchev–Trinajstić information content (AvgIpc) is 2.44. The van der Waals surface area contributed by atoms with E-state index in [1.807, 2.05) is 0 Å². The number of hydrogen-bond acceptors (Lipinski definition) is 4. The van der Waals surface area contributed by atoms with Crippen LogP contribution in [0.4, 0.5) is 5.69 Å². The molecular formula is C15H20N2O4. The van der Waals surface area contributed by atoms with E-state index in [1.165, 1.54) is 12.1 Å². The Kier molecular flexibility index (Phi) is 4.90. The summed E-state index contributed by atoms with van der Waals surface area (Å²) in [6.07, 6.45) is 3.21. The van der Waals surface area contributed by atoms with Crippen molar-refractivity contribution in [2.24, 2.45) is 5.92 Å². The monoisotopic (exact) mass is 292 g/mol. The number of aliphatic hydroxyl groups is 1. The highest BCUT2D eigenvalue weighted by Gasteiger charge is 2.21. The van der Waals surface area contributed by atoms with Crippen molar-refractivity contribution in [2.75, 3.05) is 6.54 Å². The fourth-order valence-corrected chi connectivity index (χ4v) is 2.79. The molecule has 1 fully saturated rings. The number of nitro benzene ring substituents is 1. The quantitative estimate of drug-likeness (QED) is 0.657. The van der Waals surface area contributed by atoms with Crippen LogP contribution in [0.5, 0.6) is 0 Å². The summed E-state index contributed by atoms with van der Waals surface area (Å²) in [7, 11) is 0. The van der Waals surface area contributed by atoms with Gasteiger partial charge in [-0.1, -0.05) is 6.42 Å². The van der Waals surface area contributed by atoms with Crippen molar-refractivity contribution < 1.29 is 14.8 Å². The second-order valence-corrected chi connectivity index (χ2v) is 5.71. The van der Waals surface area contributed by atoms with Gasteiger partial charge in [0.25, 0.3) is 11.6 Å². The Balaban J connectivity index is 1.98. The molecule has 0 saturated heterocycles. The number of carbonyl (C=O) groups is 1. The van der Waals surface area contributed by atoms with E-state index in [0.29, 0.717) is 24.1 Å². The zero-order valence-electron chi connectivity index (χ0n) is 12.0. The molecule has 1 aliphatic carbocycles. The average molecular weight is 292 g/mol. The van der Waals surface area contributed by atoms with Crippen LogP contribution in [0, 0.1) is 23.0 Å². The van der Waals surface area contributed by atoms with E-state index in [2.05, 4.69) is 5.32 Å². The van der Waals surface area contributed by atoms with Gasteiger partial charge in [-0.25, -0.2) is 0 Å². The van der Waals surface area contributed by atoms with Crippen LogP contribution < -0.4 is 5.32 Å². The van der Waals surface area contributed by atoms with Gasteiger partial charge in [0.2, 0.25) is 0 Å². The molecule has 1 amide bonds. The Labute approximate surface area is 123 Å². The van der Waals surface area contributed by atoms with E-state index in [4.69, 9.17) is 0 Å². The van der Waals surface area contributed by atoms with Crippen LogP contribution in [0.2, 0.25) is 0 Å². The predicted octanol–water partition coefficient (Wildman–Crippen LogP) is 2.18. The Morgan fingerprint density at radius 1 is 1.43 bits per heavy atom. The van der Waals surface area contributed by atoms with Crippen molar-refractivity contribution >= 4 is 11.6 Å². The van der Waals surface area contributed by atoms with Crippen LogP contribution in [0.15, 0.2) is 18.2 Å². The van der Waals surface area contributed by atoms with E-state index in [0.717, 1.165) is 19.3 Å². The fraction of sp³-hybridized carbons (Fsp3) is 0.533. The van der Waals surface area contributed by atoms with Crippen LogP contribution in [0.25, 0.3) is 0 Å². The molecule has 21 heavy (non-hydrogen) atoms. The molecule has 6 heteroatoms. The first-order chi connectivity index (χ1) is 9.95. The molecule has 0 radical (unpaired) electrons. The van der Waals surface area contributed by atoms with Gasteiger partial charge in [-0.15, -0.1) is 0 Å². The number of amides is 1. The normalized spacial score (nSPS) is 21.8. The van der Waals surface area contributed by atoms with Crippen LogP contribution in [0.1, 0.15) is 41.6 Å². The van der Waals surface area contributed by atoms with Gasteiger partial charge < -0.3 is 10.4 Å².